The Hall–Kier alpha value is -2.96. The van der Waals surface area contributed by atoms with Crippen LogP contribution in [-0.4, -0.2) is 54.7 Å². The number of hydrogen-bond donors (Lipinski definition) is 0. The molecule has 2 heterocycles. The zero-order chi connectivity index (χ0) is 20.2. The summed E-state index contributed by atoms with van der Waals surface area (Å²) >= 11 is 6.31. The van der Waals surface area contributed by atoms with Crippen LogP contribution in [0.25, 0.3) is 22.2 Å². The van der Waals surface area contributed by atoms with E-state index in [-0.39, 0.29) is 12.5 Å². The Labute approximate surface area is 173 Å². The molecule has 0 saturated carbocycles. The van der Waals surface area contributed by atoms with Crippen LogP contribution < -0.4 is 0 Å². The fourth-order valence-electron chi connectivity index (χ4n) is 3.26. The second-order valence-electron chi connectivity index (χ2n) is 6.62. The monoisotopic (exact) mass is 410 g/mol. The van der Waals surface area contributed by atoms with Crippen molar-refractivity contribution < 1.29 is 19.1 Å². The largest absolute Gasteiger partial charge is 0.452 e. The Morgan fingerprint density at radius 1 is 1.07 bits per heavy atom. The molecule has 1 aromatic heterocycles. The van der Waals surface area contributed by atoms with E-state index < -0.39 is 5.97 Å². The highest BCUT2D eigenvalue weighted by atomic mass is 35.5. The molecule has 1 saturated heterocycles. The zero-order valence-electron chi connectivity index (χ0n) is 15.6. The number of ether oxygens (including phenoxy) is 2. The Kier molecular flexibility index (Phi) is 5.74. The average molecular weight is 411 g/mol. The van der Waals surface area contributed by atoms with Gasteiger partial charge in [0.25, 0.3) is 5.91 Å². The molecule has 1 fully saturated rings. The van der Waals surface area contributed by atoms with Gasteiger partial charge in [0, 0.05) is 29.1 Å². The molecule has 4 rings (SSSR count). The number of benzene rings is 2. The van der Waals surface area contributed by atoms with Gasteiger partial charge in [0.2, 0.25) is 0 Å². The number of fused-ring (bicyclic) bond motifs is 1. The van der Waals surface area contributed by atoms with E-state index in [1.54, 1.807) is 23.1 Å². The van der Waals surface area contributed by atoms with Crippen molar-refractivity contribution in [1.29, 1.82) is 0 Å². The molecule has 1 aliphatic rings. The molecule has 2 aromatic carbocycles. The van der Waals surface area contributed by atoms with Crippen LogP contribution in [0.1, 0.15) is 10.4 Å². The highest BCUT2D eigenvalue weighted by molar-refractivity contribution is 6.33. The third-order valence-electron chi connectivity index (χ3n) is 4.78. The number of hydrogen-bond acceptors (Lipinski definition) is 5. The van der Waals surface area contributed by atoms with E-state index in [0.29, 0.717) is 53.5 Å². The minimum Gasteiger partial charge on any atom is -0.452 e. The number of para-hydroxylation sites is 1. The normalized spacial score (nSPS) is 14.0. The van der Waals surface area contributed by atoms with Gasteiger partial charge in [-0.15, -0.1) is 0 Å². The highest BCUT2D eigenvalue weighted by Crippen LogP contribution is 2.30. The van der Waals surface area contributed by atoms with E-state index in [2.05, 4.69) is 4.98 Å². The predicted octanol–water partition coefficient (Wildman–Crippen LogP) is 3.57. The molecule has 148 valence electrons. The molecule has 0 bridgehead atoms. The summed E-state index contributed by atoms with van der Waals surface area (Å²) in [6, 6.07) is 16.3. The van der Waals surface area contributed by atoms with E-state index in [1.807, 2.05) is 36.4 Å². The van der Waals surface area contributed by atoms with E-state index >= 15 is 0 Å². The summed E-state index contributed by atoms with van der Waals surface area (Å²) in [7, 11) is 0. The molecular formula is C22H19ClN2O4. The molecule has 0 radical (unpaired) electrons. The molecule has 0 atom stereocenters. The first-order chi connectivity index (χ1) is 14.1. The summed E-state index contributed by atoms with van der Waals surface area (Å²) in [5.74, 6) is -0.801. The number of carbonyl (C=O) groups is 2. The SMILES string of the molecule is O=C(OCC(=O)N1CCOCC1)c1cc(-c2ccccc2Cl)nc2ccccc12. The van der Waals surface area contributed by atoms with Crippen LogP contribution in [0.2, 0.25) is 5.02 Å². The quantitative estimate of drug-likeness (QED) is 0.615. The van der Waals surface area contributed by atoms with Crippen molar-refractivity contribution in [2.75, 3.05) is 32.9 Å². The van der Waals surface area contributed by atoms with Crippen molar-refractivity contribution in [3.8, 4) is 11.3 Å². The summed E-state index contributed by atoms with van der Waals surface area (Å²) in [5, 5.41) is 1.20. The summed E-state index contributed by atoms with van der Waals surface area (Å²) in [4.78, 5) is 31.4. The molecule has 7 heteroatoms. The van der Waals surface area contributed by atoms with Crippen molar-refractivity contribution in [2.45, 2.75) is 0 Å². The van der Waals surface area contributed by atoms with Gasteiger partial charge in [0.15, 0.2) is 6.61 Å². The fourth-order valence-corrected chi connectivity index (χ4v) is 3.49. The van der Waals surface area contributed by atoms with Crippen molar-refractivity contribution in [1.82, 2.24) is 9.88 Å². The van der Waals surface area contributed by atoms with Crippen LogP contribution in [-0.2, 0) is 14.3 Å². The maximum absolute atomic E-state index is 12.8. The molecular weight excluding hydrogens is 392 g/mol. The lowest BCUT2D eigenvalue weighted by Crippen LogP contribution is -2.42. The van der Waals surface area contributed by atoms with Gasteiger partial charge in [-0.25, -0.2) is 9.78 Å². The minimum atomic E-state index is -0.571. The van der Waals surface area contributed by atoms with Crippen LogP contribution in [0, 0.1) is 0 Å². The van der Waals surface area contributed by atoms with Crippen LogP contribution in [0.15, 0.2) is 54.6 Å². The first kappa shape index (κ1) is 19.4. The second-order valence-corrected chi connectivity index (χ2v) is 7.03. The number of halogens is 1. The summed E-state index contributed by atoms with van der Waals surface area (Å²) < 4.78 is 10.6. The summed E-state index contributed by atoms with van der Waals surface area (Å²) in [6.45, 7) is 1.69. The number of esters is 1. The lowest BCUT2D eigenvalue weighted by molar-refractivity contribution is -0.138. The zero-order valence-corrected chi connectivity index (χ0v) is 16.4. The predicted molar refractivity (Wildman–Crippen MR) is 110 cm³/mol. The number of rotatable bonds is 4. The van der Waals surface area contributed by atoms with E-state index in [0.717, 1.165) is 5.56 Å². The second kappa shape index (κ2) is 8.59. The number of amides is 1. The molecule has 0 unspecified atom stereocenters. The van der Waals surface area contributed by atoms with Gasteiger partial charge >= 0.3 is 5.97 Å². The Balaban J connectivity index is 1.62. The maximum Gasteiger partial charge on any atom is 0.339 e. The van der Waals surface area contributed by atoms with Crippen LogP contribution in [0.4, 0.5) is 0 Å². The van der Waals surface area contributed by atoms with Gasteiger partial charge in [0.1, 0.15) is 0 Å². The molecule has 0 N–H and O–H groups in total. The van der Waals surface area contributed by atoms with Crippen molar-refractivity contribution in [3.63, 3.8) is 0 Å². The fraction of sp³-hybridized carbons (Fsp3) is 0.227. The molecule has 6 nitrogen and oxygen atoms in total. The van der Waals surface area contributed by atoms with Gasteiger partial charge in [0.05, 0.1) is 30.0 Å². The van der Waals surface area contributed by atoms with Gasteiger partial charge in [-0.05, 0) is 18.2 Å². The molecule has 1 amide bonds. The standard InChI is InChI=1S/C22H19ClN2O4/c23-18-7-3-1-6-16(18)20-13-17(15-5-2-4-8-19(15)24-20)22(27)29-14-21(26)25-9-11-28-12-10-25/h1-8,13H,9-12,14H2. The highest BCUT2D eigenvalue weighted by Gasteiger charge is 2.21. The first-order valence-electron chi connectivity index (χ1n) is 9.31. The number of pyridine rings is 1. The molecule has 3 aromatic rings. The lowest BCUT2D eigenvalue weighted by atomic mass is 10.0. The number of nitrogens with zero attached hydrogens (tertiary/aromatic N) is 2. The van der Waals surface area contributed by atoms with Crippen molar-refractivity contribution in [2.24, 2.45) is 0 Å². The van der Waals surface area contributed by atoms with Crippen molar-refractivity contribution >= 4 is 34.4 Å². The molecule has 29 heavy (non-hydrogen) atoms. The lowest BCUT2D eigenvalue weighted by Gasteiger charge is -2.26. The van der Waals surface area contributed by atoms with Gasteiger partial charge < -0.3 is 14.4 Å². The van der Waals surface area contributed by atoms with E-state index in [4.69, 9.17) is 21.1 Å². The van der Waals surface area contributed by atoms with Crippen molar-refractivity contribution in [3.05, 3.63) is 65.2 Å². The van der Waals surface area contributed by atoms with E-state index in [9.17, 15) is 9.59 Å². The van der Waals surface area contributed by atoms with Gasteiger partial charge in [-0.3, -0.25) is 4.79 Å². The summed E-state index contributed by atoms with van der Waals surface area (Å²) in [6.07, 6.45) is 0. The number of aromatic nitrogens is 1. The van der Waals surface area contributed by atoms with E-state index in [1.165, 1.54) is 0 Å². The molecule has 0 spiro atoms. The number of carbonyl (C=O) groups excluding carboxylic acids is 2. The Morgan fingerprint density at radius 2 is 1.79 bits per heavy atom. The van der Waals surface area contributed by atoms with Gasteiger partial charge in [-0.1, -0.05) is 48.0 Å². The maximum atomic E-state index is 12.8. The smallest absolute Gasteiger partial charge is 0.339 e. The number of morpholine rings is 1. The summed E-state index contributed by atoms with van der Waals surface area (Å²) in [5.41, 5.74) is 2.29. The van der Waals surface area contributed by atoms with Gasteiger partial charge in [-0.2, -0.15) is 0 Å². The average Bonchev–Trinajstić information content (AvgIpc) is 2.77. The van der Waals surface area contributed by atoms with Crippen LogP contribution in [0.3, 0.4) is 0 Å². The first-order valence-corrected chi connectivity index (χ1v) is 9.68. The molecule has 0 aliphatic carbocycles. The Morgan fingerprint density at radius 3 is 2.59 bits per heavy atom. The van der Waals surface area contributed by atoms with Crippen LogP contribution >= 0.6 is 11.6 Å². The topological polar surface area (TPSA) is 68.7 Å². The molecule has 1 aliphatic heterocycles. The third kappa shape index (κ3) is 4.23. The third-order valence-corrected chi connectivity index (χ3v) is 5.11. The van der Waals surface area contributed by atoms with Crippen LogP contribution in [0.5, 0.6) is 0 Å². The Bertz CT molecular complexity index is 1060. The minimum absolute atomic E-state index is 0.230.